The molecule has 0 unspecified atom stereocenters. The number of hydrogen-bond acceptors (Lipinski definition) is 2. The van der Waals surface area contributed by atoms with E-state index in [9.17, 15) is 0 Å². The lowest BCUT2D eigenvalue weighted by Gasteiger charge is -2.35. The lowest BCUT2D eigenvalue weighted by molar-refractivity contribution is 0.140. The minimum absolute atomic E-state index is 0.744. The summed E-state index contributed by atoms with van der Waals surface area (Å²) in [7, 11) is 4.36. The Bertz CT molecular complexity index is 409. The van der Waals surface area contributed by atoms with E-state index < -0.39 is 0 Å². The van der Waals surface area contributed by atoms with Gasteiger partial charge >= 0.3 is 0 Å². The van der Waals surface area contributed by atoms with Crippen LogP contribution in [0.5, 0.6) is 0 Å². The van der Waals surface area contributed by atoms with Gasteiger partial charge in [-0.2, -0.15) is 0 Å². The first-order valence-corrected chi connectivity index (χ1v) is 7.64. The van der Waals surface area contributed by atoms with Gasteiger partial charge in [0.15, 0.2) is 0 Å². The van der Waals surface area contributed by atoms with E-state index in [0.717, 1.165) is 24.0 Å². The monoisotopic (exact) mass is 280 g/mol. The number of benzene rings is 1. The number of halogens is 1. The Labute approximate surface area is 122 Å². The van der Waals surface area contributed by atoms with E-state index in [1.54, 1.807) is 0 Å². The zero-order chi connectivity index (χ0) is 13.8. The number of rotatable bonds is 4. The van der Waals surface area contributed by atoms with Crippen LogP contribution in [0.3, 0.4) is 0 Å². The van der Waals surface area contributed by atoms with Crippen LogP contribution in [0.25, 0.3) is 0 Å². The average Bonchev–Trinajstić information content (AvgIpc) is 2.42. The fourth-order valence-corrected chi connectivity index (χ4v) is 2.98. The van der Waals surface area contributed by atoms with Crippen molar-refractivity contribution in [1.29, 1.82) is 0 Å². The van der Waals surface area contributed by atoms with Crippen LogP contribution in [-0.4, -0.2) is 43.0 Å². The smallest absolute Gasteiger partial charge is 0.0451 e. The van der Waals surface area contributed by atoms with Crippen molar-refractivity contribution in [2.75, 3.05) is 27.2 Å². The molecule has 1 aliphatic heterocycles. The standard InChI is InChI=1S/C16H25ClN2/c1-4-13-5-6-16(17)14(11-13)12-19-9-7-15(8-10-19)18(2)3/h5-6,11,15H,4,7-10,12H2,1-3H3. The Morgan fingerprint density at radius 3 is 2.53 bits per heavy atom. The van der Waals surface area contributed by atoms with Crippen molar-refractivity contribution in [3.63, 3.8) is 0 Å². The van der Waals surface area contributed by atoms with Gasteiger partial charge in [0.1, 0.15) is 0 Å². The van der Waals surface area contributed by atoms with Crippen molar-refractivity contribution in [2.45, 2.75) is 38.8 Å². The van der Waals surface area contributed by atoms with E-state index >= 15 is 0 Å². The summed E-state index contributed by atoms with van der Waals surface area (Å²) < 4.78 is 0. The van der Waals surface area contributed by atoms with Crippen LogP contribution in [0.1, 0.15) is 30.9 Å². The molecule has 0 aromatic heterocycles. The number of piperidine rings is 1. The molecular formula is C16H25ClN2. The lowest BCUT2D eigenvalue weighted by Crippen LogP contribution is -2.41. The molecule has 0 N–H and O–H groups in total. The summed E-state index contributed by atoms with van der Waals surface area (Å²) >= 11 is 6.32. The van der Waals surface area contributed by atoms with Crippen LogP contribution in [0, 0.1) is 0 Å². The van der Waals surface area contributed by atoms with Crippen LogP contribution < -0.4 is 0 Å². The number of hydrogen-bond donors (Lipinski definition) is 0. The first-order chi connectivity index (χ1) is 9.10. The van der Waals surface area contributed by atoms with E-state index in [2.05, 4.69) is 43.0 Å². The maximum Gasteiger partial charge on any atom is 0.0451 e. The molecule has 1 aromatic carbocycles. The molecule has 1 saturated heterocycles. The molecule has 3 heteroatoms. The Hall–Kier alpha value is -0.570. The highest BCUT2D eigenvalue weighted by atomic mass is 35.5. The van der Waals surface area contributed by atoms with Crippen LogP contribution in [0.4, 0.5) is 0 Å². The van der Waals surface area contributed by atoms with Gasteiger partial charge in [0.2, 0.25) is 0 Å². The Morgan fingerprint density at radius 1 is 1.26 bits per heavy atom. The Morgan fingerprint density at radius 2 is 1.95 bits per heavy atom. The van der Waals surface area contributed by atoms with Crippen molar-refractivity contribution < 1.29 is 0 Å². The SMILES string of the molecule is CCc1ccc(Cl)c(CN2CCC(N(C)C)CC2)c1. The van der Waals surface area contributed by atoms with Gasteiger partial charge in [-0.3, -0.25) is 4.90 Å². The summed E-state index contributed by atoms with van der Waals surface area (Å²) in [5.41, 5.74) is 2.66. The van der Waals surface area contributed by atoms with Crippen LogP contribution in [0.15, 0.2) is 18.2 Å². The molecule has 0 radical (unpaired) electrons. The van der Waals surface area contributed by atoms with E-state index in [0.29, 0.717) is 0 Å². The number of aryl methyl sites for hydroxylation is 1. The third-order valence-electron chi connectivity index (χ3n) is 4.20. The molecule has 2 rings (SSSR count). The molecule has 0 saturated carbocycles. The van der Waals surface area contributed by atoms with Crippen molar-refractivity contribution >= 4 is 11.6 Å². The fraction of sp³-hybridized carbons (Fsp3) is 0.625. The minimum atomic E-state index is 0.744. The quantitative estimate of drug-likeness (QED) is 0.834. The maximum absolute atomic E-state index is 6.32. The highest BCUT2D eigenvalue weighted by Crippen LogP contribution is 2.22. The zero-order valence-electron chi connectivity index (χ0n) is 12.3. The second-order valence-electron chi connectivity index (χ2n) is 5.75. The summed E-state index contributed by atoms with van der Waals surface area (Å²) in [6, 6.07) is 7.18. The molecule has 0 spiro atoms. The predicted octanol–water partition coefficient (Wildman–Crippen LogP) is 3.43. The fourth-order valence-electron chi connectivity index (χ4n) is 2.80. The zero-order valence-corrected chi connectivity index (χ0v) is 13.1. The molecule has 0 aliphatic carbocycles. The molecule has 106 valence electrons. The van der Waals surface area contributed by atoms with Crippen molar-refractivity contribution in [2.24, 2.45) is 0 Å². The van der Waals surface area contributed by atoms with Gasteiger partial charge in [0.05, 0.1) is 0 Å². The van der Waals surface area contributed by atoms with E-state index in [4.69, 9.17) is 11.6 Å². The van der Waals surface area contributed by atoms with Crippen molar-refractivity contribution in [3.05, 3.63) is 34.3 Å². The van der Waals surface area contributed by atoms with Crippen molar-refractivity contribution in [1.82, 2.24) is 9.80 Å². The van der Waals surface area contributed by atoms with Crippen LogP contribution >= 0.6 is 11.6 Å². The van der Waals surface area contributed by atoms with E-state index in [1.807, 2.05) is 6.07 Å². The first-order valence-electron chi connectivity index (χ1n) is 7.26. The summed E-state index contributed by atoms with van der Waals surface area (Å²) in [5, 5.41) is 0.909. The van der Waals surface area contributed by atoms with Gasteiger partial charge in [0, 0.05) is 17.6 Å². The van der Waals surface area contributed by atoms with Gasteiger partial charge < -0.3 is 4.90 Å². The van der Waals surface area contributed by atoms with Gasteiger partial charge in [-0.15, -0.1) is 0 Å². The third-order valence-corrected chi connectivity index (χ3v) is 4.57. The third kappa shape index (κ3) is 3.95. The molecule has 1 heterocycles. The predicted molar refractivity (Wildman–Crippen MR) is 82.8 cm³/mol. The minimum Gasteiger partial charge on any atom is -0.306 e. The highest BCUT2D eigenvalue weighted by Gasteiger charge is 2.20. The topological polar surface area (TPSA) is 6.48 Å². The highest BCUT2D eigenvalue weighted by molar-refractivity contribution is 6.31. The molecule has 1 fully saturated rings. The molecule has 19 heavy (non-hydrogen) atoms. The van der Waals surface area contributed by atoms with Gasteiger partial charge in [-0.25, -0.2) is 0 Å². The number of likely N-dealkylation sites (tertiary alicyclic amines) is 1. The second-order valence-corrected chi connectivity index (χ2v) is 6.16. The summed E-state index contributed by atoms with van der Waals surface area (Å²) in [4.78, 5) is 4.88. The van der Waals surface area contributed by atoms with Gasteiger partial charge in [-0.1, -0.05) is 30.7 Å². The summed E-state index contributed by atoms with van der Waals surface area (Å²) in [6.07, 6.45) is 3.60. The Kier molecular flexibility index (Phi) is 5.26. The molecule has 1 aromatic rings. The normalized spacial score (nSPS) is 18.2. The maximum atomic E-state index is 6.32. The Balaban J connectivity index is 1.95. The van der Waals surface area contributed by atoms with Crippen LogP contribution in [0.2, 0.25) is 5.02 Å². The first kappa shape index (κ1) is 14.8. The van der Waals surface area contributed by atoms with E-state index in [-0.39, 0.29) is 0 Å². The molecule has 0 amide bonds. The average molecular weight is 281 g/mol. The second kappa shape index (κ2) is 6.74. The van der Waals surface area contributed by atoms with E-state index in [1.165, 1.54) is 37.1 Å². The molecule has 1 aliphatic rings. The summed E-state index contributed by atoms with van der Waals surface area (Å²) in [6.45, 7) is 5.54. The molecule has 2 nitrogen and oxygen atoms in total. The molecular weight excluding hydrogens is 256 g/mol. The van der Waals surface area contributed by atoms with Gasteiger partial charge in [-0.05, 0) is 63.6 Å². The molecule has 0 atom stereocenters. The molecule has 0 bridgehead atoms. The largest absolute Gasteiger partial charge is 0.306 e. The number of nitrogens with zero attached hydrogens (tertiary/aromatic N) is 2. The van der Waals surface area contributed by atoms with Crippen molar-refractivity contribution in [3.8, 4) is 0 Å². The lowest BCUT2D eigenvalue weighted by atomic mass is 10.0. The summed E-state index contributed by atoms with van der Waals surface area (Å²) in [5.74, 6) is 0. The van der Waals surface area contributed by atoms with Gasteiger partial charge in [0.25, 0.3) is 0 Å². The van der Waals surface area contributed by atoms with Crippen LogP contribution in [-0.2, 0) is 13.0 Å².